The first-order chi connectivity index (χ1) is 9.52. The number of ketones is 1. The molecule has 0 amide bonds. The summed E-state index contributed by atoms with van der Waals surface area (Å²) in [5.41, 5.74) is 0.567. The van der Waals surface area contributed by atoms with Crippen molar-refractivity contribution in [3.63, 3.8) is 0 Å². The molecule has 0 saturated carbocycles. The molecule has 1 fully saturated rings. The van der Waals surface area contributed by atoms with Crippen LogP contribution in [0.1, 0.15) is 23.8 Å². The number of hydrogen-bond donors (Lipinski definition) is 0. The van der Waals surface area contributed by atoms with Crippen molar-refractivity contribution >= 4 is 5.78 Å². The summed E-state index contributed by atoms with van der Waals surface area (Å²) in [5.74, 6) is 0.532. The molecular formula is C14H23N3O3. The Hall–Kier alpha value is -1.40. The third-order valence-corrected chi connectivity index (χ3v) is 3.59. The van der Waals surface area contributed by atoms with E-state index in [1.54, 1.807) is 18.0 Å². The number of hydrogen-bond acceptors (Lipinski definition) is 5. The Morgan fingerprint density at radius 3 is 2.90 bits per heavy atom. The van der Waals surface area contributed by atoms with Gasteiger partial charge in [-0.05, 0) is 27.4 Å². The van der Waals surface area contributed by atoms with E-state index in [0.29, 0.717) is 24.6 Å². The van der Waals surface area contributed by atoms with E-state index in [0.717, 1.165) is 13.0 Å². The zero-order valence-corrected chi connectivity index (χ0v) is 12.6. The quantitative estimate of drug-likeness (QED) is 0.730. The molecule has 2 rings (SSSR count). The van der Waals surface area contributed by atoms with Gasteiger partial charge >= 0.3 is 0 Å². The highest BCUT2D eigenvalue weighted by Crippen LogP contribution is 2.27. The van der Waals surface area contributed by atoms with Crippen LogP contribution in [0.5, 0.6) is 5.75 Å². The second kappa shape index (κ2) is 6.37. The largest absolute Gasteiger partial charge is 0.493 e. The Balaban J connectivity index is 2.19. The maximum Gasteiger partial charge on any atom is 0.190 e. The third kappa shape index (κ3) is 3.19. The van der Waals surface area contributed by atoms with Crippen LogP contribution in [0.2, 0.25) is 0 Å². The number of methoxy groups -OCH3 is 1. The van der Waals surface area contributed by atoms with Crippen LogP contribution in [0.3, 0.4) is 0 Å². The van der Waals surface area contributed by atoms with E-state index in [2.05, 4.69) is 10.00 Å². The first-order valence-electron chi connectivity index (χ1n) is 6.93. The summed E-state index contributed by atoms with van der Waals surface area (Å²) in [4.78, 5) is 14.7. The van der Waals surface area contributed by atoms with Crippen molar-refractivity contribution < 1.29 is 14.3 Å². The minimum Gasteiger partial charge on any atom is -0.493 e. The topological polar surface area (TPSA) is 56.6 Å². The van der Waals surface area contributed by atoms with Crippen LogP contribution in [0, 0.1) is 5.92 Å². The molecule has 2 unspecified atom stereocenters. The van der Waals surface area contributed by atoms with Gasteiger partial charge in [-0.2, -0.15) is 5.10 Å². The Bertz CT molecular complexity index is 470. The van der Waals surface area contributed by atoms with Gasteiger partial charge in [0, 0.05) is 12.5 Å². The molecule has 6 nitrogen and oxygen atoms in total. The molecule has 112 valence electrons. The number of carbonyl (C=O) groups is 1. The standard InChI is InChI=1S/C14H23N3O3/c1-10-7-11(9-20-10)14(18)13-12(19-4)8-15-17(13)6-5-16(2)3/h8,10-11H,5-7,9H2,1-4H3. The highest BCUT2D eigenvalue weighted by molar-refractivity contribution is 5.99. The molecule has 1 aliphatic heterocycles. The van der Waals surface area contributed by atoms with Crippen molar-refractivity contribution in [2.24, 2.45) is 5.92 Å². The van der Waals surface area contributed by atoms with Crippen LogP contribution in [0.4, 0.5) is 0 Å². The summed E-state index contributed by atoms with van der Waals surface area (Å²) in [5, 5.41) is 4.27. The van der Waals surface area contributed by atoms with Crippen LogP contribution in [0.15, 0.2) is 6.20 Å². The summed E-state index contributed by atoms with van der Waals surface area (Å²) in [6.07, 6.45) is 2.52. The molecule has 0 N–H and O–H groups in total. The molecule has 1 aromatic rings. The smallest absolute Gasteiger partial charge is 0.190 e. The molecule has 20 heavy (non-hydrogen) atoms. The molecule has 0 spiro atoms. The van der Waals surface area contributed by atoms with Crippen molar-refractivity contribution in [3.8, 4) is 5.75 Å². The zero-order chi connectivity index (χ0) is 14.7. The second-order valence-electron chi connectivity index (χ2n) is 5.53. The van der Waals surface area contributed by atoms with Gasteiger partial charge < -0.3 is 14.4 Å². The van der Waals surface area contributed by atoms with Crippen LogP contribution in [-0.4, -0.2) is 60.9 Å². The Kier molecular flexibility index (Phi) is 4.77. The molecule has 0 aliphatic carbocycles. The molecule has 2 heterocycles. The average molecular weight is 281 g/mol. The minimum atomic E-state index is -0.0892. The van der Waals surface area contributed by atoms with E-state index in [9.17, 15) is 4.79 Å². The zero-order valence-electron chi connectivity index (χ0n) is 12.6. The van der Waals surface area contributed by atoms with Gasteiger partial charge in [0.15, 0.2) is 11.5 Å². The number of carbonyl (C=O) groups excluding carboxylic acids is 1. The SMILES string of the molecule is COc1cnn(CCN(C)C)c1C(=O)C1COC(C)C1. The van der Waals surface area contributed by atoms with Crippen LogP contribution in [0.25, 0.3) is 0 Å². The number of rotatable bonds is 6. The van der Waals surface area contributed by atoms with Gasteiger partial charge in [-0.15, -0.1) is 0 Å². The van der Waals surface area contributed by atoms with E-state index >= 15 is 0 Å². The molecule has 2 atom stereocenters. The maximum absolute atomic E-state index is 12.7. The molecule has 0 bridgehead atoms. The summed E-state index contributed by atoms with van der Waals surface area (Å²) >= 11 is 0. The monoisotopic (exact) mass is 281 g/mol. The molecule has 0 aromatic carbocycles. The van der Waals surface area contributed by atoms with E-state index < -0.39 is 0 Å². The normalized spacial score (nSPS) is 22.4. The lowest BCUT2D eigenvalue weighted by molar-refractivity contribution is 0.0863. The summed E-state index contributed by atoms with van der Waals surface area (Å²) in [6, 6.07) is 0. The molecule has 1 saturated heterocycles. The minimum absolute atomic E-state index is 0.0717. The van der Waals surface area contributed by atoms with Crippen LogP contribution < -0.4 is 4.74 Å². The summed E-state index contributed by atoms with van der Waals surface area (Å²) in [6.45, 7) is 3.97. The fourth-order valence-electron chi connectivity index (χ4n) is 2.42. The average Bonchev–Trinajstić information content (AvgIpc) is 3.01. The first-order valence-corrected chi connectivity index (χ1v) is 6.93. The van der Waals surface area contributed by atoms with E-state index in [1.807, 2.05) is 21.0 Å². The fraction of sp³-hybridized carbons (Fsp3) is 0.714. The number of likely N-dealkylation sites (N-methyl/N-ethyl adjacent to an activating group) is 1. The second-order valence-corrected chi connectivity index (χ2v) is 5.53. The van der Waals surface area contributed by atoms with Crippen molar-refractivity contribution in [2.45, 2.75) is 26.0 Å². The molecule has 1 aliphatic rings. The highest BCUT2D eigenvalue weighted by Gasteiger charge is 2.32. The fourth-order valence-corrected chi connectivity index (χ4v) is 2.42. The summed E-state index contributed by atoms with van der Waals surface area (Å²) < 4.78 is 12.5. The lowest BCUT2D eigenvalue weighted by Gasteiger charge is -2.14. The number of aromatic nitrogens is 2. The molecular weight excluding hydrogens is 258 g/mol. The Labute approximate surface area is 119 Å². The number of ether oxygens (including phenoxy) is 2. The van der Waals surface area contributed by atoms with E-state index in [-0.39, 0.29) is 17.8 Å². The van der Waals surface area contributed by atoms with Crippen molar-refractivity contribution in [1.29, 1.82) is 0 Å². The van der Waals surface area contributed by atoms with Gasteiger partial charge in [-0.3, -0.25) is 9.48 Å². The Morgan fingerprint density at radius 2 is 2.35 bits per heavy atom. The van der Waals surface area contributed by atoms with Gasteiger partial charge in [0.25, 0.3) is 0 Å². The van der Waals surface area contributed by atoms with Gasteiger partial charge in [-0.1, -0.05) is 0 Å². The van der Waals surface area contributed by atoms with Crippen LogP contribution >= 0.6 is 0 Å². The predicted molar refractivity (Wildman–Crippen MR) is 75.2 cm³/mol. The lowest BCUT2D eigenvalue weighted by atomic mass is 9.98. The number of Topliss-reactive ketones (excluding diaryl/α,β-unsaturated/α-hetero) is 1. The first kappa shape index (κ1) is 15.0. The summed E-state index contributed by atoms with van der Waals surface area (Å²) in [7, 11) is 5.56. The highest BCUT2D eigenvalue weighted by atomic mass is 16.5. The van der Waals surface area contributed by atoms with E-state index in [1.165, 1.54) is 0 Å². The van der Waals surface area contributed by atoms with Gasteiger partial charge in [0.1, 0.15) is 5.69 Å². The van der Waals surface area contributed by atoms with Gasteiger partial charge in [0.2, 0.25) is 0 Å². The van der Waals surface area contributed by atoms with Crippen molar-refractivity contribution in [2.75, 3.05) is 34.4 Å². The van der Waals surface area contributed by atoms with Gasteiger partial charge in [-0.25, -0.2) is 0 Å². The third-order valence-electron chi connectivity index (χ3n) is 3.59. The Morgan fingerprint density at radius 1 is 1.60 bits per heavy atom. The maximum atomic E-state index is 12.7. The predicted octanol–water partition coefficient (Wildman–Crippen LogP) is 1.06. The van der Waals surface area contributed by atoms with Gasteiger partial charge in [0.05, 0.1) is 32.6 Å². The molecule has 0 radical (unpaired) electrons. The number of nitrogens with zero attached hydrogens (tertiary/aromatic N) is 3. The van der Waals surface area contributed by atoms with E-state index in [4.69, 9.17) is 9.47 Å². The molecule has 1 aromatic heterocycles. The lowest BCUT2D eigenvalue weighted by Crippen LogP contribution is -2.24. The van der Waals surface area contributed by atoms with Crippen molar-refractivity contribution in [3.05, 3.63) is 11.9 Å². The van der Waals surface area contributed by atoms with Crippen LogP contribution in [-0.2, 0) is 11.3 Å². The van der Waals surface area contributed by atoms with Crippen molar-refractivity contribution in [1.82, 2.24) is 14.7 Å². The molecule has 6 heteroatoms.